The second-order valence-electron chi connectivity index (χ2n) is 7.85. The van der Waals surface area contributed by atoms with Gasteiger partial charge in [-0.05, 0) is 38.4 Å². The van der Waals surface area contributed by atoms with Crippen molar-refractivity contribution in [2.45, 2.75) is 45.2 Å². The summed E-state index contributed by atoms with van der Waals surface area (Å²) >= 11 is 0. The molecule has 148 valence electrons. The van der Waals surface area contributed by atoms with Crippen molar-refractivity contribution >= 4 is 17.5 Å². The van der Waals surface area contributed by atoms with Gasteiger partial charge in [0.2, 0.25) is 11.8 Å². The number of nitrogens with zero attached hydrogens (tertiary/aromatic N) is 3. The van der Waals surface area contributed by atoms with Crippen LogP contribution in [0.5, 0.6) is 0 Å². The first-order valence-electron chi connectivity index (χ1n) is 10.0. The number of likely N-dealkylation sites (N-methyl/N-ethyl adjacent to an activating group) is 1. The molecule has 1 aromatic carbocycles. The second-order valence-corrected chi connectivity index (χ2v) is 7.85. The molecule has 2 amide bonds. The molecule has 2 heterocycles. The van der Waals surface area contributed by atoms with Crippen LogP contribution in [0.1, 0.15) is 31.7 Å². The van der Waals surface area contributed by atoms with Gasteiger partial charge in [-0.25, -0.2) is 0 Å². The fraction of sp³-hybridized carbons (Fsp3) is 0.619. The number of amides is 2. The van der Waals surface area contributed by atoms with Gasteiger partial charge < -0.3 is 15.1 Å². The maximum atomic E-state index is 12.8. The zero-order chi connectivity index (χ0) is 19.4. The summed E-state index contributed by atoms with van der Waals surface area (Å²) in [7, 11) is 2.08. The molecule has 2 aliphatic heterocycles. The van der Waals surface area contributed by atoms with Crippen LogP contribution in [0.15, 0.2) is 24.3 Å². The van der Waals surface area contributed by atoms with Gasteiger partial charge in [0.1, 0.15) is 0 Å². The number of anilines is 1. The second kappa shape index (κ2) is 8.74. The van der Waals surface area contributed by atoms with Crippen molar-refractivity contribution in [3.63, 3.8) is 0 Å². The smallest absolute Gasteiger partial charge is 0.224 e. The lowest BCUT2D eigenvalue weighted by atomic mass is 10.1. The summed E-state index contributed by atoms with van der Waals surface area (Å²) in [4.78, 5) is 30.6. The van der Waals surface area contributed by atoms with E-state index in [2.05, 4.69) is 53.4 Å². The van der Waals surface area contributed by atoms with Crippen molar-refractivity contribution in [1.29, 1.82) is 0 Å². The van der Waals surface area contributed by atoms with Crippen LogP contribution in [0.25, 0.3) is 0 Å². The largest absolute Gasteiger partial charge is 0.368 e. The highest BCUT2D eigenvalue weighted by atomic mass is 16.2. The highest BCUT2D eigenvalue weighted by molar-refractivity contribution is 5.77. The molecule has 3 rings (SSSR count). The topological polar surface area (TPSA) is 55.9 Å². The highest BCUT2D eigenvalue weighted by Crippen LogP contribution is 2.26. The van der Waals surface area contributed by atoms with E-state index in [0.717, 1.165) is 39.0 Å². The number of carbonyl (C=O) groups excluding carboxylic acids is 2. The van der Waals surface area contributed by atoms with Gasteiger partial charge in [0.05, 0.1) is 0 Å². The van der Waals surface area contributed by atoms with Gasteiger partial charge in [-0.15, -0.1) is 0 Å². The fourth-order valence-corrected chi connectivity index (χ4v) is 4.29. The molecule has 6 heteroatoms. The molecule has 2 atom stereocenters. The van der Waals surface area contributed by atoms with Crippen LogP contribution in [0.4, 0.5) is 5.69 Å². The van der Waals surface area contributed by atoms with Crippen LogP contribution >= 0.6 is 0 Å². The van der Waals surface area contributed by atoms with Gasteiger partial charge in [-0.1, -0.05) is 18.2 Å². The lowest BCUT2D eigenvalue weighted by Crippen LogP contribution is -2.50. The third-order valence-electron chi connectivity index (χ3n) is 6.07. The Labute approximate surface area is 162 Å². The molecule has 0 saturated carbocycles. The summed E-state index contributed by atoms with van der Waals surface area (Å²) in [6.45, 7) is 7.72. The van der Waals surface area contributed by atoms with Crippen molar-refractivity contribution in [1.82, 2.24) is 15.1 Å². The van der Waals surface area contributed by atoms with Crippen molar-refractivity contribution in [2.24, 2.45) is 0 Å². The Balaban J connectivity index is 1.47. The van der Waals surface area contributed by atoms with E-state index in [0.29, 0.717) is 19.0 Å². The molecule has 2 aliphatic rings. The van der Waals surface area contributed by atoms with Crippen molar-refractivity contribution in [3.8, 4) is 0 Å². The summed E-state index contributed by atoms with van der Waals surface area (Å²) in [5, 5.41) is 2.90. The molecule has 0 unspecified atom stereocenters. The Bertz CT molecular complexity index is 670. The predicted octanol–water partition coefficient (Wildman–Crippen LogP) is 1.63. The number of nitrogens with one attached hydrogen (secondary N) is 1. The number of para-hydroxylation sites is 1. The van der Waals surface area contributed by atoms with Gasteiger partial charge in [-0.3, -0.25) is 14.5 Å². The fourth-order valence-electron chi connectivity index (χ4n) is 4.29. The molecular formula is C21H32N4O2. The number of hydrogen-bond acceptors (Lipinski definition) is 4. The third-order valence-corrected chi connectivity index (χ3v) is 6.07. The lowest BCUT2D eigenvalue weighted by molar-refractivity contribution is -0.132. The van der Waals surface area contributed by atoms with Crippen LogP contribution in [-0.2, 0) is 9.59 Å². The average molecular weight is 373 g/mol. The van der Waals surface area contributed by atoms with E-state index >= 15 is 0 Å². The van der Waals surface area contributed by atoms with Crippen LogP contribution in [0.3, 0.4) is 0 Å². The normalized spacial score (nSPS) is 23.5. The minimum absolute atomic E-state index is 0.00875. The highest BCUT2D eigenvalue weighted by Gasteiger charge is 2.33. The summed E-state index contributed by atoms with van der Waals surface area (Å²) < 4.78 is 0. The van der Waals surface area contributed by atoms with E-state index < -0.39 is 0 Å². The van der Waals surface area contributed by atoms with E-state index in [1.807, 2.05) is 4.90 Å². The predicted molar refractivity (Wildman–Crippen MR) is 108 cm³/mol. The van der Waals surface area contributed by atoms with Crippen LogP contribution in [0, 0.1) is 6.92 Å². The molecule has 2 saturated heterocycles. The minimum atomic E-state index is 0.00875. The maximum Gasteiger partial charge on any atom is 0.224 e. The van der Waals surface area contributed by atoms with Gasteiger partial charge in [0.15, 0.2) is 0 Å². The van der Waals surface area contributed by atoms with E-state index in [1.54, 1.807) is 6.92 Å². The van der Waals surface area contributed by atoms with Crippen LogP contribution < -0.4 is 10.2 Å². The lowest BCUT2D eigenvalue weighted by Gasteiger charge is -2.37. The molecule has 1 N–H and O–H groups in total. The Hall–Kier alpha value is -2.08. The Morgan fingerprint density at radius 3 is 2.41 bits per heavy atom. The molecule has 27 heavy (non-hydrogen) atoms. The zero-order valence-corrected chi connectivity index (χ0v) is 16.8. The SMILES string of the molecule is CC(=O)NC[C@H]1CC[C@@H](CC(=O)N2CCN(c3ccccc3C)CC2)N1C. The maximum absolute atomic E-state index is 12.8. The third kappa shape index (κ3) is 4.80. The van der Waals surface area contributed by atoms with Gasteiger partial charge in [0.25, 0.3) is 0 Å². The number of carbonyl (C=O) groups is 2. The Morgan fingerprint density at radius 2 is 1.74 bits per heavy atom. The molecule has 2 fully saturated rings. The Morgan fingerprint density at radius 1 is 1.07 bits per heavy atom. The van der Waals surface area contributed by atoms with Gasteiger partial charge in [0, 0.05) is 63.8 Å². The average Bonchev–Trinajstić information content (AvgIpc) is 3.00. The quantitative estimate of drug-likeness (QED) is 0.854. The van der Waals surface area contributed by atoms with Gasteiger partial charge in [-0.2, -0.15) is 0 Å². The standard InChI is InChI=1S/C21H32N4O2/c1-16-6-4-5-7-20(16)24-10-12-25(13-11-24)21(27)14-18-8-9-19(23(18)3)15-22-17(2)26/h4-7,18-19H,8-15H2,1-3H3,(H,22,26)/t18-,19+/m0/s1. The summed E-state index contributed by atoms with van der Waals surface area (Å²) in [5.74, 6) is 0.269. The number of rotatable bonds is 5. The summed E-state index contributed by atoms with van der Waals surface area (Å²) in [5.41, 5.74) is 2.57. The summed E-state index contributed by atoms with van der Waals surface area (Å²) in [6.07, 6.45) is 2.64. The molecule has 0 aliphatic carbocycles. The van der Waals surface area contributed by atoms with Gasteiger partial charge >= 0.3 is 0 Å². The first-order valence-corrected chi connectivity index (χ1v) is 10.0. The number of likely N-dealkylation sites (tertiary alicyclic amines) is 1. The van der Waals surface area contributed by atoms with Crippen LogP contribution in [0.2, 0.25) is 0 Å². The summed E-state index contributed by atoms with van der Waals surface area (Å²) in [6, 6.07) is 9.06. The Kier molecular flexibility index (Phi) is 6.37. The first-order chi connectivity index (χ1) is 13.0. The number of hydrogen-bond donors (Lipinski definition) is 1. The van der Waals surface area contributed by atoms with E-state index in [-0.39, 0.29) is 17.9 Å². The molecule has 1 aromatic rings. The van der Waals surface area contributed by atoms with Crippen molar-refractivity contribution in [2.75, 3.05) is 44.7 Å². The molecule has 0 bridgehead atoms. The number of aryl methyl sites for hydroxylation is 1. The monoisotopic (exact) mass is 372 g/mol. The van der Waals surface area contributed by atoms with E-state index in [1.165, 1.54) is 11.3 Å². The van der Waals surface area contributed by atoms with Crippen molar-refractivity contribution < 1.29 is 9.59 Å². The number of benzene rings is 1. The molecule has 6 nitrogen and oxygen atoms in total. The van der Waals surface area contributed by atoms with E-state index in [4.69, 9.17) is 0 Å². The van der Waals surface area contributed by atoms with E-state index in [9.17, 15) is 9.59 Å². The zero-order valence-electron chi connectivity index (χ0n) is 16.8. The minimum Gasteiger partial charge on any atom is -0.368 e. The molecule has 0 radical (unpaired) electrons. The number of piperazine rings is 1. The molecule has 0 aromatic heterocycles. The first kappa shape index (κ1) is 19.7. The van der Waals surface area contributed by atoms with Crippen LogP contribution in [-0.4, -0.2) is 73.5 Å². The molecular weight excluding hydrogens is 340 g/mol. The van der Waals surface area contributed by atoms with Crippen molar-refractivity contribution in [3.05, 3.63) is 29.8 Å². The molecule has 0 spiro atoms.